The first kappa shape index (κ1) is 20.2. The molecule has 29 heavy (non-hydrogen) atoms. The Morgan fingerprint density at radius 1 is 1.38 bits per heavy atom. The average molecular weight is 429 g/mol. The lowest BCUT2D eigenvalue weighted by Gasteiger charge is -2.33. The quantitative estimate of drug-likeness (QED) is 0.765. The molecule has 2 aromatic heterocycles. The molecule has 1 fully saturated rings. The molecule has 11 heteroatoms. The molecule has 7 nitrogen and oxygen atoms in total. The molecule has 0 bridgehead atoms. The first-order valence-corrected chi connectivity index (χ1v) is 10.3. The molecule has 1 saturated heterocycles. The molecule has 0 radical (unpaired) electrons. The number of fused-ring (bicyclic) bond motifs is 1. The predicted molar refractivity (Wildman–Crippen MR) is 102 cm³/mol. The highest BCUT2D eigenvalue weighted by Crippen LogP contribution is 2.44. The van der Waals surface area contributed by atoms with Crippen molar-refractivity contribution >= 4 is 23.1 Å². The highest BCUT2D eigenvalue weighted by atomic mass is 32.1. The van der Waals surface area contributed by atoms with E-state index in [1.54, 1.807) is 12.1 Å². The Morgan fingerprint density at radius 2 is 2.17 bits per heavy atom. The summed E-state index contributed by atoms with van der Waals surface area (Å²) in [5.74, 6) is -0.319. The van der Waals surface area contributed by atoms with Crippen LogP contribution in [0.25, 0.3) is 0 Å². The van der Waals surface area contributed by atoms with Gasteiger partial charge in [0, 0.05) is 37.5 Å². The molecule has 1 amide bonds. The van der Waals surface area contributed by atoms with E-state index in [2.05, 4.69) is 20.6 Å². The summed E-state index contributed by atoms with van der Waals surface area (Å²) >= 11 is 1.39. The van der Waals surface area contributed by atoms with E-state index in [4.69, 9.17) is 4.74 Å². The van der Waals surface area contributed by atoms with Gasteiger partial charge in [-0.25, -0.2) is 4.68 Å². The van der Waals surface area contributed by atoms with E-state index in [1.807, 2.05) is 5.38 Å². The van der Waals surface area contributed by atoms with E-state index in [-0.39, 0.29) is 17.8 Å². The van der Waals surface area contributed by atoms with Gasteiger partial charge in [0.25, 0.3) is 5.91 Å². The van der Waals surface area contributed by atoms with Gasteiger partial charge in [-0.3, -0.25) is 9.69 Å². The van der Waals surface area contributed by atoms with Crippen LogP contribution in [0.15, 0.2) is 23.7 Å². The maximum absolute atomic E-state index is 13.7. The highest BCUT2D eigenvalue weighted by Gasteiger charge is 2.47. The number of carbonyl (C=O) groups excluding carboxylic acids is 1. The van der Waals surface area contributed by atoms with Gasteiger partial charge in [-0.2, -0.15) is 18.3 Å². The molecule has 2 aromatic rings. The minimum Gasteiger partial charge on any atom is -0.379 e. The number of rotatable bonds is 5. The second-order valence-electron chi connectivity index (χ2n) is 7.07. The van der Waals surface area contributed by atoms with Crippen LogP contribution in [0.3, 0.4) is 0 Å². The summed E-state index contributed by atoms with van der Waals surface area (Å²) in [5.41, 5.74) is 0.127. The van der Waals surface area contributed by atoms with Crippen molar-refractivity contribution in [2.45, 2.75) is 24.7 Å². The molecule has 0 unspecified atom stereocenters. The molecular weight excluding hydrogens is 407 g/mol. The van der Waals surface area contributed by atoms with Crippen LogP contribution in [0.1, 0.15) is 33.7 Å². The zero-order chi connectivity index (χ0) is 20.4. The van der Waals surface area contributed by atoms with Crippen LogP contribution >= 0.6 is 11.3 Å². The number of alkyl halides is 3. The summed E-state index contributed by atoms with van der Waals surface area (Å²) in [6.45, 7) is 4.00. The Balaban J connectivity index is 1.49. The van der Waals surface area contributed by atoms with Crippen LogP contribution in [0, 0.1) is 0 Å². The zero-order valence-corrected chi connectivity index (χ0v) is 16.4. The van der Waals surface area contributed by atoms with Crippen LogP contribution in [0.2, 0.25) is 0 Å². The molecule has 4 heterocycles. The van der Waals surface area contributed by atoms with Gasteiger partial charge < -0.3 is 15.4 Å². The SMILES string of the molecule is O=C(NCCN1CCOCC1)c1cnn2c1N[C@H](c1cccs1)C[C@@H]2C(F)(F)F. The fourth-order valence-corrected chi connectivity index (χ4v) is 4.44. The maximum Gasteiger partial charge on any atom is 0.410 e. The van der Waals surface area contributed by atoms with Crippen LogP contribution in [-0.4, -0.2) is 66.2 Å². The molecule has 0 spiro atoms. The van der Waals surface area contributed by atoms with E-state index < -0.39 is 24.2 Å². The molecule has 0 aliphatic carbocycles. The first-order valence-electron chi connectivity index (χ1n) is 9.46. The Morgan fingerprint density at radius 3 is 2.86 bits per heavy atom. The third-order valence-electron chi connectivity index (χ3n) is 5.19. The second-order valence-corrected chi connectivity index (χ2v) is 8.05. The fourth-order valence-electron chi connectivity index (χ4n) is 3.65. The third kappa shape index (κ3) is 4.41. The molecule has 2 aliphatic rings. The fraction of sp³-hybridized carbons (Fsp3) is 0.556. The van der Waals surface area contributed by atoms with Gasteiger partial charge in [-0.15, -0.1) is 11.3 Å². The Hall–Kier alpha value is -2.11. The van der Waals surface area contributed by atoms with Gasteiger partial charge in [0.05, 0.1) is 25.5 Å². The van der Waals surface area contributed by atoms with Crippen molar-refractivity contribution in [2.75, 3.05) is 44.7 Å². The Labute approximate surface area is 169 Å². The summed E-state index contributed by atoms with van der Waals surface area (Å²) in [5, 5.41) is 11.6. The summed E-state index contributed by atoms with van der Waals surface area (Å²) in [4.78, 5) is 15.6. The lowest BCUT2D eigenvalue weighted by Crippen LogP contribution is -2.41. The number of hydrogen-bond donors (Lipinski definition) is 2. The average Bonchev–Trinajstić information content (AvgIpc) is 3.37. The van der Waals surface area contributed by atoms with Crippen molar-refractivity contribution in [2.24, 2.45) is 0 Å². The zero-order valence-electron chi connectivity index (χ0n) is 15.6. The smallest absolute Gasteiger partial charge is 0.379 e. The van der Waals surface area contributed by atoms with E-state index in [0.29, 0.717) is 26.3 Å². The molecule has 2 atom stereocenters. The van der Waals surface area contributed by atoms with Crippen molar-refractivity contribution in [3.63, 3.8) is 0 Å². The lowest BCUT2D eigenvalue weighted by atomic mass is 10.0. The van der Waals surface area contributed by atoms with Crippen LogP contribution in [-0.2, 0) is 4.74 Å². The molecule has 2 aliphatic heterocycles. The highest BCUT2D eigenvalue weighted by molar-refractivity contribution is 7.10. The number of nitrogens with one attached hydrogen (secondary N) is 2. The number of thiophene rings is 1. The van der Waals surface area contributed by atoms with Gasteiger partial charge in [0.1, 0.15) is 11.4 Å². The molecule has 0 saturated carbocycles. The van der Waals surface area contributed by atoms with Crippen LogP contribution in [0.4, 0.5) is 19.0 Å². The van der Waals surface area contributed by atoms with Crippen molar-refractivity contribution in [1.29, 1.82) is 0 Å². The second kappa shape index (κ2) is 8.33. The summed E-state index contributed by atoms with van der Waals surface area (Å²) in [6.07, 6.45) is -3.42. The monoisotopic (exact) mass is 429 g/mol. The van der Waals surface area contributed by atoms with Gasteiger partial charge in [0.15, 0.2) is 6.04 Å². The lowest BCUT2D eigenvalue weighted by molar-refractivity contribution is -0.173. The number of morpholine rings is 1. The number of ether oxygens (including phenoxy) is 1. The summed E-state index contributed by atoms with van der Waals surface area (Å²) in [6, 6.07) is 1.30. The molecular formula is C18H22F3N5O2S. The van der Waals surface area contributed by atoms with Crippen molar-refractivity contribution < 1.29 is 22.7 Å². The largest absolute Gasteiger partial charge is 0.410 e. The molecule has 0 aromatic carbocycles. The maximum atomic E-state index is 13.7. The van der Waals surface area contributed by atoms with Crippen molar-refractivity contribution in [3.8, 4) is 0 Å². The number of aromatic nitrogens is 2. The number of halogens is 3. The van der Waals surface area contributed by atoms with E-state index >= 15 is 0 Å². The summed E-state index contributed by atoms with van der Waals surface area (Å²) in [7, 11) is 0. The number of anilines is 1. The normalized spacial score (nSPS) is 22.7. The van der Waals surface area contributed by atoms with E-state index in [9.17, 15) is 18.0 Å². The standard InChI is InChI=1S/C18H22F3N5O2S/c19-18(20,21)15-10-13(14-2-1-9-29-14)24-16-12(11-23-26(15)16)17(27)22-3-4-25-5-7-28-8-6-25/h1-2,9,11,13,15,24H,3-8,10H2,(H,22,27)/t13-,15+/m0/s1. The van der Waals surface area contributed by atoms with Gasteiger partial charge >= 0.3 is 6.18 Å². The van der Waals surface area contributed by atoms with Gasteiger partial charge in [0.2, 0.25) is 0 Å². The topological polar surface area (TPSA) is 71.4 Å². The molecule has 4 rings (SSSR count). The van der Waals surface area contributed by atoms with Crippen molar-refractivity contribution in [1.82, 2.24) is 20.0 Å². The van der Waals surface area contributed by atoms with Gasteiger partial charge in [-0.05, 0) is 11.4 Å². The number of amides is 1. The Bertz CT molecular complexity index is 833. The minimum atomic E-state index is -4.46. The number of hydrogen-bond acceptors (Lipinski definition) is 6. The van der Waals surface area contributed by atoms with Crippen LogP contribution in [0.5, 0.6) is 0 Å². The van der Waals surface area contributed by atoms with E-state index in [0.717, 1.165) is 22.6 Å². The first-order chi connectivity index (χ1) is 13.9. The van der Waals surface area contributed by atoms with Crippen LogP contribution < -0.4 is 10.6 Å². The molecule has 158 valence electrons. The van der Waals surface area contributed by atoms with Gasteiger partial charge in [-0.1, -0.05) is 6.07 Å². The molecule has 2 N–H and O–H groups in total. The van der Waals surface area contributed by atoms with E-state index in [1.165, 1.54) is 17.5 Å². The Kier molecular flexibility index (Phi) is 5.79. The summed E-state index contributed by atoms with van der Waals surface area (Å²) < 4.78 is 47.1. The number of nitrogens with zero attached hydrogens (tertiary/aromatic N) is 3. The predicted octanol–water partition coefficient (Wildman–Crippen LogP) is 2.67. The minimum absolute atomic E-state index is 0.112. The van der Waals surface area contributed by atoms with Crippen molar-refractivity contribution in [3.05, 3.63) is 34.2 Å². The number of carbonyl (C=O) groups is 1. The third-order valence-corrected chi connectivity index (χ3v) is 6.17.